The van der Waals surface area contributed by atoms with Crippen LogP contribution in [0.1, 0.15) is 38.0 Å². The van der Waals surface area contributed by atoms with Gasteiger partial charge in [0.1, 0.15) is 0 Å². The predicted molar refractivity (Wildman–Crippen MR) is 75.3 cm³/mol. The largest absolute Gasteiger partial charge is 0.337 e. The van der Waals surface area contributed by atoms with E-state index in [1.165, 1.54) is 0 Å². The van der Waals surface area contributed by atoms with E-state index in [0.29, 0.717) is 18.1 Å². The lowest BCUT2D eigenvalue weighted by atomic mass is 10.1. The zero-order valence-corrected chi connectivity index (χ0v) is 12.2. The molecule has 1 aromatic heterocycles. The van der Waals surface area contributed by atoms with Crippen LogP contribution < -0.4 is 5.32 Å². The smallest absolute Gasteiger partial charge is 0.246 e. The van der Waals surface area contributed by atoms with E-state index in [4.69, 9.17) is 16.1 Å². The maximum absolute atomic E-state index is 5.86. The molecule has 1 aromatic carbocycles. The van der Waals surface area contributed by atoms with Crippen LogP contribution in [0.3, 0.4) is 0 Å². The molecular weight excluding hydrogens is 262 g/mol. The molecule has 0 aliphatic heterocycles. The summed E-state index contributed by atoms with van der Waals surface area (Å²) in [5.74, 6) is 1.29. The molecule has 0 aliphatic rings. The van der Waals surface area contributed by atoms with Crippen LogP contribution >= 0.6 is 11.6 Å². The third-order valence-electron chi connectivity index (χ3n) is 2.90. The highest BCUT2D eigenvalue weighted by atomic mass is 35.5. The van der Waals surface area contributed by atoms with Crippen molar-refractivity contribution >= 4 is 11.6 Å². The highest BCUT2D eigenvalue weighted by Gasteiger charge is 2.26. The Hall–Kier alpha value is -1.39. The molecule has 0 amide bonds. The van der Waals surface area contributed by atoms with Crippen LogP contribution in [0.15, 0.2) is 28.8 Å². The highest BCUT2D eigenvalue weighted by Crippen LogP contribution is 2.19. The molecule has 4 nitrogen and oxygen atoms in total. The van der Waals surface area contributed by atoms with Gasteiger partial charge in [-0.15, -0.1) is 0 Å². The van der Waals surface area contributed by atoms with Crippen molar-refractivity contribution in [2.75, 3.05) is 6.54 Å². The van der Waals surface area contributed by atoms with Gasteiger partial charge in [-0.05, 0) is 38.1 Å². The van der Waals surface area contributed by atoms with E-state index in [1.54, 1.807) is 0 Å². The number of nitrogens with one attached hydrogen (secondary N) is 1. The molecule has 2 rings (SSSR count). The molecule has 0 fully saturated rings. The van der Waals surface area contributed by atoms with E-state index in [-0.39, 0.29) is 5.54 Å². The topological polar surface area (TPSA) is 51.0 Å². The molecule has 1 heterocycles. The number of benzene rings is 1. The van der Waals surface area contributed by atoms with Crippen LogP contribution in [-0.2, 0) is 12.0 Å². The minimum absolute atomic E-state index is 0.306. The van der Waals surface area contributed by atoms with E-state index < -0.39 is 0 Å². The Kier molecular flexibility index (Phi) is 4.22. The maximum Gasteiger partial charge on any atom is 0.246 e. The van der Waals surface area contributed by atoms with Gasteiger partial charge in [0.25, 0.3) is 0 Å². The van der Waals surface area contributed by atoms with Gasteiger partial charge in [-0.2, -0.15) is 4.98 Å². The fourth-order valence-corrected chi connectivity index (χ4v) is 2.01. The lowest BCUT2D eigenvalue weighted by Gasteiger charge is -2.20. The van der Waals surface area contributed by atoms with Gasteiger partial charge in [0, 0.05) is 11.4 Å². The summed E-state index contributed by atoms with van der Waals surface area (Å²) in [6, 6.07) is 7.66. The predicted octanol–water partition coefficient (Wildman–Crippen LogP) is 3.16. The number of halogens is 1. The summed E-state index contributed by atoms with van der Waals surface area (Å²) in [7, 11) is 0. The molecule has 0 bridgehead atoms. The van der Waals surface area contributed by atoms with Crippen molar-refractivity contribution in [2.24, 2.45) is 0 Å². The maximum atomic E-state index is 5.86. The monoisotopic (exact) mass is 279 g/mol. The van der Waals surface area contributed by atoms with Gasteiger partial charge in [0.05, 0.1) is 5.54 Å². The van der Waals surface area contributed by atoms with Crippen molar-refractivity contribution < 1.29 is 4.52 Å². The Bertz CT molecular complexity index is 534. The van der Waals surface area contributed by atoms with Crippen molar-refractivity contribution in [1.82, 2.24) is 15.5 Å². The van der Waals surface area contributed by atoms with Gasteiger partial charge in [-0.25, -0.2) is 0 Å². The van der Waals surface area contributed by atoms with Crippen LogP contribution in [0, 0.1) is 0 Å². The minimum atomic E-state index is -0.306. The third-order valence-corrected chi connectivity index (χ3v) is 3.15. The zero-order valence-electron chi connectivity index (χ0n) is 11.4. The van der Waals surface area contributed by atoms with E-state index >= 15 is 0 Å². The molecule has 102 valence electrons. The Labute approximate surface area is 118 Å². The SMILES string of the molecule is CCNC(C)(C)c1nc(Cc2ccc(Cl)cc2)no1. The van der Waals surface area contributed by atoms with Gasteiger partial charge in [0.15, 0.2) is 5.82 Å². The summed E-state index contributed by atoms with van der Waals surface area (Å²) in [6.07, 6.45) is 0.642. The van der Waals surface area contributed by atoms with Crippen molar-refractivity contribution in [3.8, 4) is 0 Å². The van der Waals surface area contributed by atoms with Crippen molar-refractivity contribution in [3.63, 3.8) is 0 Å². The summed E-state index contributed by atoms with van der Waals surface area (Å²) in [5, 5.41) is 8.06. The third kappa shape index (κ3) is 3.55. The van der Waals surface area contributed by atoms with Crippen LogP contribution in [0.4, 0.5) is 0 Å². The second-order valence-electron chi connectivity index (χ2n) is 4.97. The van der Waals surface area contributed by atoms with Crippen molar-refractivity contribution in [3.05, 3.63) is 46.6 Å². The van der Waals surface area contributed by atoms with E-state index in [0.717, 1.165) is 17.1 Å². The average Bonchev–Trinajstić information content (AvgIpc) is 2.81. The first-order valence-electron chi connectivity index (χ1n) is 6.34. The molecular formula is C14H18ClN3O. The van der Waals surface area contributed by atoms with Gasteiger partial charge in [-0.3, -0.25) is 0 Å². The normalized spacial score (nSPS) is 11.8. The number of aromatic nitrogens is 2. The number of rotatable bonds is 5. The standard InChI is InChI=1S/C14H18ClN3O/c1-4-16-14(2,3)13-17-12(18-19-13)9-10-5-7-11(15)8-6-10/h5-8,16H,4,9H2,1-3H3. The van der Waals surface area contributed by atoms with E-state index in [9.17, 15) is 0 Å². The number of hydrogen-bond donors (Lipinski definition) is 1. The molecule has 0 unspecified atom stereocenters. The highest BCUT2D eigenvalue weighted by molar-refractivity contribution is 6.30. The van der Waals surface area contributed by atoms with Gasteiger partial charge in [-0.1, -0.05) is 35.8 Å². The summed E-state index contributed by atoms with van der Waals surface area (Å²) in [6.45, 7) is 6.95. The molecule has 0 spiro atoms. The minimum Gasteiger partial charge on any atom is -0.337 e. The van der Waals surface area contributed by atoms with Crippen LogP contribution in [0.2, 0.25) is 5.02 Å². The van der Waals surface area contributed by atoms with Gasteiger partial charge in [0.2, 0.25) is 5.89 Å². The molecule has 0 aliphatic carbocycles. The molecule has 0 radical (unpaired) electrons. The summed E-state index contributed by atoms with van der Waals surface area (Å²) >= 11 is 5.86. The summed E-state index contributed by atoms with van der Waals surface area (Å²) < 4.78 is 5.33. The van der Waals surface area contributed by atoms with Crippen LogP contribution in [0.5, 0.6) is 0 Å². The Morgan fingerprint density at radius 1 is 1.26 bits per heavy atom. The number of hydrogen-bond acceptors (Lipinski definition) is 4. The fraction of sp³-hybridized carbons (Fsp3) is 0.429. The number of nitrogens with zero attached hydrogens (tertiary/aromatic N) is 2. The van der Waals surface area contributed by atoms with Crippen molar-refractivity contribution in [1.29, 1.82) is 0 Å². The molecule has 1 N–H and O–H groups in total. The molecule has 0 atom stereocenters. The first-order valence-corrected chi connectivity index (χ1v) is 6.71. The van der Waals surface area contributed by atoms with Crippen LogP contribution in [0.25, 0.3) is 0 Å². The average molecular weight is 280 g/mol. The summed E-state index contributed by atoms with van der Waals surface area (Å²) in [4.78, 5) is 4.44. The van der Waals surface area contributed by atoms with Crippen molar-refractivity contribution in [2.45, 2.75) is 32.7 Å². The first-order chi connectivity index (χ1) is 9.01. The lowest BCUT2D eigenvalue weighted by Crippen LogP contribution is -2.36. The molecule has 2 aromatic rings. The Morgan fingerprint density at radius 3 is 2.58 bits per heavy atom. The quantitative estimate of drug-likeness (QED) is 0.913. The van der Waals surface area contributed by atoms with E-state index in [2.05, 4.69) is 15.5 Å². The van der Waals surface area contributed by atoms with Gasteiger partial charge < -0.3 is 9.84 Å². The molecule has 5 heteroatoms. The second kappa shape index (κ2) is 5.72. The summed E-state index contributed by atoms with van der Waals surface area (Å²) in [5.41, 5.74) is 0.804. The van der Waals surface area contributed by atoms with E-state index in [1.807, 2.05) is 45.0 Å². The fourth-order valence-electron chi connectivity index (χ4n) is 1.88. The van der Waals surface area contributed by atoms with Gasteiger partial charge >= 0.3 is 0 Å². The first kappa shape index (κ1) is 14.0. The van der Waals surface area contributed by atoms with Crippen LogP contribution in [-0.4, -0.2) is 16.7 Å². The Balaban J connectivity index is 2.11. The zero-order chi connectivity index (χ0) is 13.9. The lowest BCUT2D eigenvalue weighted by molar-refractivity contribution is 0.271. The Morgan fingerprint density at radius 2 is 1.95 bits per heavy atom. The molecule has 19 heavy (non-hydrogen) atoms. The molecule has 0 saturated carbocycles. The second-order valence-corrected chi connectivity index (χ2v) is 5.41. The molecule has 0 saturated heterocycles.